The van der Waals surface area contributed by atoms with Gasteiger partial charge >= 0.3 is 18.3 Å². The highest BCUT2D eigenvalue weighted by atomic mass is 127. The second-order valence-electron chi connectivity index (χ2n) is 3.03. The van der Waals surface area contributed by atoms with E-state index >= 15 is 0 Å². The van der Waals surface area contributed by atoms with Crippen LogP contribution in [0.25, 0.3) is 0 Å². The molecule has 108 valence electrons. The molecular weight excluding hydrogens is 398 g/mol. The zero-order valence-electron chi connectivity index (χ0n) is 8.01. The van der Waals surface area contributed by atoms with Gasteiger partial charge in [0.1, 0.15) is 0 Å². The monoisotopic (exact) mass is 402 g/mol. The molecule has 0 saturated carbocycles. The van der Waals surface area contributed by atoms with Gasteiger partial charge in [0.25, 0.3) is 5.67 Å². The molecular formula is C7H4F9IO. The fourth-order valence-electron chi connectivity index (χ4n) is 0.818. The third-order valence-corrected chi connectivity index (χ3v) is 2.38. The van der Waals surface area contributed by atoms with E-state index in [9.17, 15) is 39.5 Å². The Balaban J connectivity index is 5.97. The fraction of sp³-hybridized carbons (Fsp3) is 0.714. The highest BCUT2D eigenvalue weighted by molar-refractivity contribution is 14.1. The van der Waals surface area contributed by atoms with Crippen molar-refractivity contribution in [3.63, 3.8) is 0 Å². The molecule has 0 aromatic heterocycles. The van der Waals surface area contributed by atoms with E-state index in [1.165, 1.54) is 0 Å². The Morgan fingerprint density at radius 3 is 1.50 bits per heavy atom. The number of hydrogen-bond acceptors (Lipinski definition) is 1. The third kappa shape index (κ3) is 3.03. The first-order chi connectivity index (χ1) is 7.70. The Morgan fingerprint density at radius 1 is 0.889 bits per heavy atom. The Kier molecular flexibility index (Phi) is 5.00. The lowest BCUT2D eigenvalue weighted by Crippen LogP contribution is -2.61. The average molecular weight is 402 g/mol. The van der Waals surface area contributed by atoms with E-state index in [0.29, 0.717) is 0 Å². The van der Waals surface area contributed by atoms with Crippen molar-refractivity contribution >= 4 is 22.6 Å². The van der Waals surface area contributed by atoms with Crippen LogP contribution in [0.2, 0.25) is 0 Å². The molecule has 1 N–H and O–H groups in total. The summed E-state index contributed by atoms with van der Waals surface area (Å²) in [5.41, 5.74) is -5.95. The minimum absolute atomic E-state index is 0.809. The predicted molar refractivity (Wildman–Crippen MR) is 50.1 cm³/mol. The summed E-state index contributed by atoms with van der Waals surface area (Å²) in [6, 6.07) is 0. The van der Waals surface area contributed by atoms with Gasteiger partial charge in [0.2, 0.25) is 0 Å². The van der Waals surface area contributed by atoms with Crippen molar-refractivity contribution in [2.24, 2.45) is 0 Å². The van der Waals surface area contributed by atoms with Crippen molar-refractivity contribution in [2.75, 3.05) is 6.61 Å². The molecule has 0 unspecified atom stereocenters. The van der Waals surface area contributed by atoms with Crippen molar-refractivity contribution in [2.45, 2.75) is 23.9 Å². The molecule has 0 fully saturated rings. The minimum atomic E-state index is -6.74. The number of allylic oxidation sites excluding steroid dienone is 1. The largest absolute Gasteiger partial charge is 0.457 e. The normalized spacial score (nSPS) is 18.7. The average Bonchev–Trinajstić information content (AvgIpc) is 2.13. The first-order valence-corrected chi connectivity index (χ1v) is 4.97. The Bertz CT molecular complexity index is 331. The Labute approximate surface area is 108 Å². The summed E-state index contributed by atoms with van der Waals surface area (Å²) >= 11 is 0.809. The standard InChI is InChI=1S/C7H4F9IO/c8-4(6(11,12)13,1-3(17)2-18)5(9,10)7(14,15)16/h1,18H,2H2/b3-1-/t4-/m1/s1. The molecule has 0 aromatic carbocycles. The summed E-state index contributed by atoms with van der Waals surface area (Å²) in [7, 11) is 0. The molecule has 0 radical (unpaired) electrons. The van der Waals surface area contributed by atoms with Gasteiger partial charge < -0.3 is 5.11 Å². The van der Waals surface area contributed by atoms with Crippen LogP contribution in [-0.4, -0.2) is 35.7 Å². The number of halogens is 10. The molecule has 1 atom stereocenters. The molecule has 0 rings (SSSR count). The summed E-state index contributed by atoms with van der Waals surface area (Å²) in [4.78, 5) is 0. The maximum Gasteiger partial charge on any atom is 0.457 e. The smallest absolute Gasteiger partial charge is 0.391 e. The van der Waals surface area contributed by atoms with Crippen molar-refractivity contribution in [3.05, 3.63) is 9.66 Å². The van der Waals surface area contributed by atoms with E-state index in [-0.39, 0.29) is 0 Å². The fourth-order valence-corrected chi connectivity index (χ4v) is 1.25. The van der Waals surface area contributed by atoms with Crippen LogP contribution in [0.3, 0.4) is 0 Å². The molecule has 18 heavy (non-hydrogen) atoms. The Morgan fingerprint density at radius 2 is 1.28 bits per heavy atom. The number of alkyl halides is 9. The van der Waals surface area contributed by atoms with Crippen molar-refractivity contribution < 1.29 is 44.6 Å². The molecule has 0 spiro atoms. The quantitative estimate of drug-likeness (QED) is 0.563. The van der Waals surface area contributed by atoms with Crippen molar-refractivity contribution in [1.29, 1.82) is 0 Å². The molecule has 0 aliphatic carbocycles. The molecule has 0 saturated heterocycles. The van der Waals surface area contributed by atoms with Gasteiger partial charge in [-0.25, -0.2) is 4.39 Å². The summed E-state index contributed by atoms with van der Waals surface area (Å²) < 4.78 is 109. The summed E-state index contributed by atoms with van der Waals surface area (Å²) in [5.74, 6) is -6.68. The molecule has 0 aromatic rings. The molecule has 0 heterocycles. The van der Waals surface area contributed by atoms with Crippen molar-refractivity contribution in [3.8, 4) is 0 Å². The van der Waals surface area contributed by atoms with Crippen LogP contribution in [0.1, 0.15) is 0 Å². The van der Waals surface area contributed by atoms with Crippen LogP contribution in [0.4, 0.5) is 39.5 Å². The van der Waals surface area contributed by atoms with Crippen LogP contribution >= 0.6 is 22.6 Å². The lowest BCUT2D eigenvalue weighted by atomic mass is 9.95. The SMILES string of the molecule is OC/C(I)=C/[C@](F)(C(F)(F)F)C(F)(F)C(F)(F)F. The van der Waals surface area contributed by atoms with Crippen LogP contribution in [0.5, 0.6) is 0 Å². The van der Waals surface area contributed by atoms with E-state index in [2.05, 4.69) is 0 Å². The zero-order valence-corrected chi connectivity index (χ0v) is 10.2. The van der Waals surface area contributed by atoms with Gasteiger partial charge in [-0.2, -0.15) is 35.1 Å². The highest BCUT2D eigenvalue weighted by Gasteiger charge is 2.80. The molecule has 0 amide bonds. The molecule has 0 aliphatic rings. The first-order valence-electron chi connectivity index (χ1n) is 3.89. The van der Waals surface area contributed by atoms with E-state index in [4.69, 9.17) is 5.11 Å². The second-order valence-corrected chi connectivity index (χ2v) is 4.42. The van der Waals surface area contributed by atoms with Crippen LogP contribution in [-0.2, 0) is 0 Å². The van der Waals surface area contributed by atoms with Crippen molar-refractivity contribution in [1.82, 2.24) is 0 Å². The minimum Gasteiger partial charge on any atom is -0.391 e. The van der Waals surface area contributed by atoms with Gasteiger partial charge in [0, 0.05) is 3.58 Å². The van der Waals surface area contributed by atoms with Crippen LogP contribution in [0, 0.1) is 0 Å². The van der Waals surface area contributed by atoms with E-state index < -0.39 is 40.2 Å². The van der Waals surface area contributed by atoms with Crippen LogP contribution in [0.15, 0.2) is 9.66 Å². The van der Waals surface area contributed by atoms with E-state index in [1.807, 2.05) is 0 Å². The van der Waals surface area contributed by atoms with E-state index in [0.717, 1.165) is 22.6 Å². The summed E-state index contributed by atoms with van der Waals surface area (Å²) in [5, 5.41) is 8.30. The van der Waals surface area contributed by atoms with Gasteiger partial charge in [-0.3, -0.25) is 0 Å². The van der Waals surface area contributed by atoms with Gasteiger partial charge in [-0.1, -0.05) is 0 Å². The third-order valence-electron chi connectivity index (χ3n) is 1.73. The second kappa shape index (κ2) is 5.06. The summed E-state index contributed by atoms with van der Waals surface area (Å²) in [6.45, 7) is -1.31. The first kappa shape index (κ1) is 17.8. The molecule has 0 bridgehead atoms. The van der Waals surface area contributed by atoms with Gasteiger partial charge in [0.05, 0.1) is 6.61 Å². The predicted octanol–water partition coefficient (Wildman–Crippen LogP) is 3.77. The maximum absolute atomic E-state index is 13.2. The van der Waals surface area contributed by atoms with Gasteiger partial charge in [0.15, 0.2) is 0 Å². The number of aliphatic hydroxyl groups is 1. The molecule has 0 aliphatic heterocycles. The summed E-state index contributed by atoms with van der Waals surface area (Å²) in [6.07, 6.45) is -14.2. The molecule has 11 heteroatoms. The van der Waals surface area contributed by atoms with Gasteiger partial charge in [-0.05, 0) is 28.7 Å². The number of hydrogen-bond donors (Lipinski definition) is 1. The van der Waals surface area contributed by atoms with Crippen LogP contribution < -0.4 is 0 Å². The van der Waals surface area contributed by atoms with Gasteiger partial charge in [-0.15, -0.1) is 0 Å². The highest BCUT2D eigenvalue weighted by Crippen LogP contribution is 2.53. The Hall–Kier alpha value is -0.200. The topological polar surface area (TPSA) is 20.2 Å². The molecule has 1 nitrogen and oxygen atoms in total. The zero-order chi connectivity index (χ0) is 15.0. The lowest BCUT2D eigenvalue weighted by Gasteiger charge is -2.33. The lowest BCUT2D eigenvalue weighted by molar-refractivity contribution is -0.369. The number of aliphatic hydroxyl groups excluding tert-OH is 1. The van der Waals surface area contributed by atoms with E-state index in [1.54, 1.807) is 0 Å². The maximum atomic E-state index is 13.2. The number of rotatable bonds is 3.